The molecular weight excluding hydrogens is 391 g/mol. The summed E-state index contributed by atoms with van der Waals surface area (Å²) in [6, 6.07) is 15.6. The molecule has 0 saturated heterocycles. The zero-order valence-corrected chi connectivity index (χ0v) is 14.8. The van der Waals surface area contributed by atoms with Gasteiger partial charge in [0.15, 0.2) is 0 Å². The standard InChI is InChI=1S/C17H19IN2O2/c1-12(22-2)13-5-3-7-15(9-13)19-11-17(21)20-16-8-4-6-14(18)10-16/h3-10,12,19H,11H2,1-2H3,(H,20,21). The minimum Gasteiger partial charge on any atom is -0.377 e. The van der Waals surface area contributed by atoms with Gasteiger partial charge < -0.3 is 15.4 Å². The molecule has 4 nitrogen and oxygen atoms in total. The summed E-state index contributed by atoms with van der Waals surface area (Å²) in [5, 5.41) is 6.00. The van der Waals surface area contributed by atoms with Gasteiger partial charge in [-0.3, -0.25) is 4.79 Å². The number of ether oxygens (including phenoxy) is 1. The average Bonchev–Trinajstić information content (AvgIpc) is 2.52. The molecule has 0 radical (unpaired) electrons. The van der Waals surface area contributed by atoms with Crippen LogP contribution in [-0.2, 0) is 9.53 Å². The molecule has 2 rings (SSSR count). The Bertz CT molecular complexity index is 646. The highest BCUT2D eigenvalue weighted by Crippen LogP contribution is 2.19. The molecule has 1 amide bonds. The Balaban J connectivity index is 1.91. The summed E-state index contributed by atoms with van der Waals surface area (Å²) < 4.78 is 6.39. The zero-order valence-electron chi connectivity index (χ0n) is 12.6. The van der Waals surface area contributed by atoms with E-state index in [4.69, 9.17) is 4.74 Å². The molecule has 2 N–H and O–H groups in total. The molecule has 0 saturated carbocycles. The normalized spacial score (nSPS) is 11.8. The summed E-state index contributed by atoms with van der Waals surface area (Å²) in [7, 11) is 1.68. The fourth-order valence-electron chi connectivity index (χ4n) is 1.99. The Morgan fingerprint density at radius 1 is 1.18 bits per heavy atom. The van der Waals surface area contributed by atoms with Gasteiger partial charge in [0.1, 0.15) is 0 Å². The van der Waals surface area contributed by atoms with Crippen molar-refractivity contribution in [2.24, 2.45) is 0 Å². The van der Waals surface area contributed by atoms with Gasteiger partial charge in [-0.1, -0.05) is 18.2 Å². The summed E-state index contributed by atoms with van der Waals surface area (Å²) in [5.74, 6) is -0.0767. The molecule has 0 aliphatic heterocycles. The highest BCUT2D eigenvalue weighted by molar-refractivity contribution is 14.1. The number of halogens is 1. The van der Waals surface area contributed by atoms with E-state index in [-0.39, 0.29) is 18.6 Å². The van der Waals surface area contributed by atoms with E-state index < -0.39 is 0 Å². The number of methoxy groups -OCH3 is 1. The van der Waals surface area contributed by atoms with Crippen molar-refractivity contribution in [3.63, 3.8) is 0 Å². The van der Waals surface area contributed by atoms with Crippen LogP contribution in [0.15, 0.2) is 48.5 Å². The lowest BCUT2D eigenvalue weighted by molar-refractivity contribution is -0.114. The van der Waals surface area contributed by atoms with Crippen molar-refractivity contribution in [3.8, 4) is 0 Å². The summed E-state index contributed by atoms with van der Waals surface area (Å²) in [6.45, 7) is 2.21. The molecule has 0 heterocycles. The van der Waals surface area contributed by atoms with E-state index in [2.05, 4.69) is 33.2 Å². The first-order valence-electron chi connectivity index (χ1n) is 7.00. The number of hydrogen-bond donors (Lipinski definition) is 2. The first-order chi connectivity index (χ1) is 10.6. The SMILES string of the molecule is COC(C)c1cccc(NCC(=O)Nc2cccc(I)c2)c1. The number of carbonyl (C=O) groups excluding carboxylic acids is 1. The summed E-state index contributed by atoms with van der Waals surface area (Å²) in [6.07, 6.45) is 0.0296. The summed E-state index contributed by atoms with van der Waals surface area (Å²) >= 11 is 2.22. The van der Waals surface area contributed by atoms with E-state index in [1.165, 1.54) is 0 Å². The first kappa shape index (κ1) is 16.8. The van der Waals surface area contributed by atoms with Crippen LogP contribution in [0.2, 0.25) is 0 Å². The summed E-state index contributed by atoms with van der Waals surface area (Å²) in [4.78, 5) is 12.0. The maximum Gasteiger partial charge on any atom is 0.243 e. The fourth-order valence-corrected chi connectivity index (χ4v) is 2.53. The van der Waals surface area contributed by atoms with Crippen molar-refractivity contribution >= 4 is 39.9 Å². The molecule has 2 aromatic carbocycles. The number of rotatable bonds is 6. The molecule has 0 bridgehead atoms. The number of benzene rings is 2. The Labute approximate surface area is 144 Å². The Kier molecular flexibility index (Phi) is 6.21. The molecule has 2 aromatic rings. The van der Waals surface area contributed by atoms with Crippen molar-refractivity contribution in [2.75, 3.05) is 24.3 Å². The van der Waals surface area contributed by atoms with Gasteiger partial charge in [-0.25, -0.2) is 0 Å². The van der Waals surface area contributed by atoms with Gasteiger partial charge in [-0.05, 0) is 65.4 Å². The van der Waals surface area contributed by atoms with Crippen LogP contribution in [0.4, 0.5) is 11.4 Å². The minimum atomic E-state index is -0.0767. The molecular formula is C17H19IN2O2. The summed E-state index contributed by atoms with van der Waals surface area (Å²) in [5.41, 5.74) is 2.78. The van der Waals surface area contributed by atoms with Crippen molar-refractivity contribution < 1.29 is 9.53 Å². The molecule has 0 aliphatic carbocycles. The maximum atomic E-state index is 12.0. The van der Waals surface area contributed by atoms with Crippen LogP contribution in [0.5, 0.6) is 0 Å². The number of nitrogens with one attached hydrogen (secondary N) is 2. The third-order valence-electron chi connectivity index (χ3n) is 3.27. The second-order valence-corrected chi connectivity index (χ2v) is 6.16. The molecule has 0 spiro atoms. The highest BCUT2D eigenvalue weighted by Gasteiger charge is 2.06. The Morgan fingerprint density at radius 3 is 2.64 bits per heavy atom. The lowest BCUT2D eigenvalue weighted by Crippen LogP contribution is -2.21. The highest BCUT2D eigenvalue weighted by atomic mass is 127. The van der Waals surface area contributed by atoms with E-state index >= 15 is 0 Å². The zero-order chi connectivity index (χ0) is 15.9. The molecule has 0 aromatic heterocycles. The van der Waals surface area contributed by atoms with Crippen molar-refractivity contribution in [1.29, 1.82) is 0 Å². The predicted octanol–water partition coefficient (Wildman–Crippen LogP) is 4.05. The smallest absolute Gasteiger partial charge is 0.243 e. The first-order valence-corrected chi connectivity index (χ1v) is 8.08. The van der Waals surface area contributed by atoms with Crippen LogP contribution in [-0.4, -0.2) is 19.6 Å². The molecule has 0 fully saturated rings. The lowest BCUT2D eigenvalue weighted by atomic mass is 10.1. The minimum absolute atomic E-state index is 0.0296. The van der Waals surface area contributed by atoms with Crippen molar-refractivity contribution in [1.82, 2.24) is 0 Å². The Hall–Kier alpha value is -1.60. The van der Waals surface area contributed by atoms with Crippen LogP contribution in [0, 0.1) is 3.57 Å². The number of carbonyl (C=O) groups is 1. The fraction of sp³-hybridized carbons (Fsp3) is 0.235. The largest absolute Gasteiger partial charge is 0.377 e. The van der Waals surface area contributed by atoms with Gasteiger partial charge in [-0.15, -0.1) is 0 Å². The van der Waals surface area contributed by atoms with Gasteiger partial charge in [-0.2, -0.15) is 0 Å². The lowest BCUT2D eigenvalue weighted by Gasteiger charge is -2.12. The quantitative estimate of drug-likeness (QED) is 0.707. The Morgan fingerprint density at radius 2 is 1.91 bits per heavy atom. The van der Waals surface area contributed by atoms with Gasteiger partial charge >= 0.3 is 0 Å². The molecule has 0 aliphatic rings. The number of hydrogen-bond acceptors (Lipinski definition) is 3. The molecule has 116 valence electrons. The average molecular weight is 410 g/mol. The van der Waals surface area contributed by atoms with Gasteiger partial charge in [0.2, 0.25) is 5.91 Å². The maximum absolute atomic E-state index is 12.0. The van der Waals surface area contributed by atoms with Crippen molar-refractivity contribution in [2.45, 2.75) is 13.0 Å². The second-order valence-electron chi connectivity index (χ2n) is 4.92. The number of anilines is 2. The third-order valence-corrected chi connectivity index (χ3v) is 3.94. The molecule has 22 heavy (non-hydrogen) atoms. The van der Waals surface area contributed by atoms with Gasteiger partial charge in [0.05, 0.1) is 12.6 Å². The monoisotopic (exact) mass is 410 g/mol. The van der Waals surface area contributed by atoms with E-state index in [0.717, 1.165) is 20.5 Å². The van der Waals surface area contributed by atoms with E-state index in [1.807, 2.05) is 55.5 Å². The van der Waals surface area contributed by atoms with Crippen molar-refractivity contribution in [3.05, 3.63) is 57.7 Å². The van der Waals surface area contributed by atoms with Gasteiger partial charge in [0.25, 0.3) is 0 Å². The molecule has 5 heteroatoms. The van der Waals surface area contributed by atoms with Crippen LogP contribution in [0.3, 0.4) is 0 Å². The van der Waals surface area contributed by atoms with E-state index in [0.29, 0.717) is 0 Å². The second kappa shape index (κ2) is 8.14. The van der Waals surface area contributed by atoms with E-state index in [1.54, 1.807) is 7.11 Å². The van der Waals surface area contributed by atoms with Crippen LogP contribution in [0.25, 0.3) is 0 Å². The van der Waals surface area contributed by atoms with Crippen LogP contribution >= 0.6 is 22.6 Å². The third kappa shape index (κ3) is 4.99. The van der Waals surface area contributed by atoms with Crippen LogP contribution < -0.4 is 10.6 Å². The molecule has 1 atom stereocenters. The number of amides is 1. The molecule has 1 unspecified atom stereocenters. The predicted molar refractivity (Wildman–Crippen MR) is 98.1 cm³/mol. The topological polar surface area (TPSA) is 50.4 Å². The van der Waals surface area contributed by atoms with Gasteiger partial charge in [0, 0.05) is 22.1 Å². The van der Waals surface area contributed by atoms with Crippen LogP contribution in [0.1, 0.15) is 18.6 Å². The van der Waals surface area contributed by atoms with E-state index in [9.17, 15) is 4.79 Å².